The molecule has 132 valence electrons. The number of ketones is 1. The van der Waals surface area contributed by atoms with E-state index in [1.54, 1.807) is 31.4 Å². The number of rotatable bonds is 6. The molecule has 4 nitrogen and oxygen atoms in total. The number of carbonyl (C=O) groups is 1. The third-order valence-electron chi connectivity index (χ3n) is 4.30. The lowest BCUT2D eigenvalue weighted by molar-refractivity contribution is 0.0665. The highest BCUT2D eigenvalue weighted by Crippen LogP contribution is 2.31. The van der Waals surface area contributed by atoms with Crippen LogP contribution in [0.25, 0.3) is 10.2 Å². The van der Waals surface area contributed by atoms with Gasteiger partial charge in [-0.15, -0.1) is 11.3 Å². The lowest BCUT2D eigenvalue weighted by Gasteiger charge is -2.18. The van der Waals surface area contributed by atoms with Crippen LogP contribution >= 0.6 is 11.3 Å². The molecule has 0 radical (unpaired) electrons. The number of methoxy groups -OCH3 is 1. The number of aromatic nitrogens is 1. The summed E-state index contributed by atoms with van der Waals surface area (Å²) in [6.07, 6.45) is 0.664. The van der Waals surface area contributed by atoms with Crippen LogP contribution in [-0.2, 0) is 6.54 Å². The maximum atomic E-state index is 12.7. The Hall–Kier alpha value is -2.11. The largest absolute Gasteiger partial charge is 0.497 e. The average molecular weight is 357 g/mol. The van der Waals surface area contributed by atoms with E-state index in [1.807, 2.05) is 19.9 Å². The molecular weight excluding hydrogens is 334 g/mol. The third-order valence-corrected chi connectivity index (χ3v) is 5.47. The predicted molar refractivity (Wildman–Crippen MR) is 102 cm³/mol. The standard InChI is InChI=1S/C20H23NO3S/c1-13-11-15-12-17(18(22)14-5-7-16(24-4)8-6-14)25-19(15)21(13)10-9-20(2,3)23/h5-8,11-12,23H,9-10H2,1-4H3. The molecule has 25 heavy (non-hydrogen) atoms. The first-order valence-corrected chi connectivity index (χ1v) is 9.11. The van der Waals surface area contributed by atoms with Crippen LogP contribution in [0.1, 0.15) is 41.2 Å². The second kappa shape index (κ2) is 6.65. The SMILES string of the molecule is COc1ccc(C(=O)c2cc3cc(C)n(CCC(C)(C)O)c3s2)cc1. The van der Waals surface area contributed by atoms with E-state index in [0.29, 0.717) is 12.0 Å². The fraction of sp³-hybridized carbons (Fsp3) is 0.350. The number of aliphatic hydroxyl groups is 1. The molecule has 0 aliphatic carbocycles. The number of benzene rings is 1. The van der Waals surface area contributed by atoms with Crippen LogP contribution in [0, 0.1) is 6.92 Å². The van der Waals surface area contributed by atoms with Gasteiger partial charge in [-0.05, 0) is 63.6 Å². The Kier molecular flexibility index (Phi) is 4.71. The third kappa shape index (κ3) is 3.78. The molecule has 0 atom stereocenters. The number of aryl methyl sites for hydroxylation is 2. The maximum absolute atomic E-state index is 12.7. The van der Waals surface area contributed by atoms with Gasteiger partial charge in [0, 0.05) is 23.2 Å². The summed E-state index contributed by atoms with van der Waals surface area (Å²) >= 11 is 1.51. The van der Waals surface area contributed by atoms with Gasteiger partial charge in [0.25, 0.3) is 0 Å². The number of thiophene rings is 1. The summed E-state index contributed by atoms with van der Waals surface area (Å²) < 4.78 is 7.32. The van der Waals surface area contributed by atoms with Gasteiger partial charge in [-0.3, -0.25) is 4.79 Å². The molecule has 0 aliphatic rings. The van der Waals surface area contributed by atoms with Gasteiger partial charge in [0.15, 0.2) is 0 Å². The number of ether oxygens (including phenoxy) is 1. The van der Waals surface area contributed by atoms with Crippen molar-refractivity contribution in [3.8, 4) is 5.75 Å². The van der Waals surface area contributed by atoms with E-state index < -0.39 is 5.60 Å². The van der Waals surface area contributed by atoms with Crippen molar-refractivity contribution in [1.29, 1.82) is 0 Å². The van der Waals surface area contributed by atoms with Gasteiger partial charge >= 0.3 is 0 Å². The molecular formula is C20H23NO3S. The summed E-state index contributed by atoms with van der Waals surface area (Å²) in [5.41, 5.74) is 1.10. The monoisotopic (exact) mass is 357 g/mol. The molecule has 0 fully saturated rings. The summed E-state index contributed by atoms with van der Waals surface area (Å²) in [5, 5.41) is 11.1. The van der Waals surface area contributed by atoms with Crippen molar-refractivity contribution in [1.82, 2.24) is 4.57 Å². The normalized spacial score (nSPS) is 11.9. The Bertz CT molecular complexity index is 898. The van der Waals surface area contributed by atoms with Crippen molar-refractivity contribution < 1.29 is 14.6 Å². The number of hydrogen-bond donors (Lipinski definition) is 1. The Labute approximate surface area is 151 Å². The van der Waals surface area contributed by atoms with Crippen molar-refractivity contribution in [2.24, 2.45) is 0 Å². The van der Waals surface area contributed by atoms with E-state index in [4.69, 9.17) is 4.74 Å². The van der Waals surface area contributed by atoms with Crippen molar-refractivity contribution in [3.63, 3.8) is 0 Å². The molecule has 0 unspecified atom stereocenters. The number of carbonyl (C=O) groups excluding carboxylic acids is 1. The number of hydrogen-bond acceptors (Lipinski definition) is 4. The lowest BCUT2D eigenvalue weighted by Crippen LogP contribution is -2.21. The first kappa shape index (κ1) is 17.7. The van der Waals surface area contributed by atoms with Gasteiger partial charge in [-0.2, -0.15) is 0 Å². The smallest absolute Gasteiger partial charge is 0.203 e. The molecule has 2 aromatic heterocycles. The summed E-state index contributed by atoms with van der Waals surface area (Å²) in [5.74, 6) is 0.761. The minimum atomic E-state index is -0.706. The molecule has 0 aliphatic heterocycles. The molecule has 0 bridgehead atoms. The minimum absolute atomic E-state index is 0.0237. The van der Waals surface area contributed by atoms with Crippen molar-refractivity contribution in [2.75, 3.05) is 7.11 Å². The zero-order chi connectivity index (χ0) is 18.2. The predicted octanol–water partition coefficient (Wildman–Crippen LogP) is 4.41. The second-order valence-corrected chi connectivity index (χ2v) is 7.96. The summed E-state index contributed by atoms with van der Waals surface area (Å²) in [6.45, 7) is 6.42. The molecule has 1 N–H and O–H groups in total. The van der Waals surface area contributed by atoms with Crippen LogP contribution in [0.3, 0.4) is 0 Å². The maximum Gasteiger partial charge on any atom is 0.203 e. The molecule has 0 saturated heterocycles. The molecule has 3 aromatic rings. The van der Waals surface area contributed by atoms with E-state index in [0.717, 1.165) is 33.1 Å². The molecule has 5 heteroatoms. The zero-order valence-electron chi connectivity index (χ0n) is 15.0. The Morgan fingerprint density at radius 2 is 1.92 bits per heavy atom. The van der Waals surface area contributed by atoms with Gasteiger partial charge in [-0.25, -0.2) is 0 Å². The highest BCUT2D eigenvalue weighted by atomic mass is 32.1. The molecule has 3 rings (SSSR count). The fourth-order valence-corrected chi connectivity index (χ4v) is 4.02. The van der Waals surface area contributed by atoms with Crippen molar-refractivity contribution in [2.45, 2.75) is 39.3 Å². The molecule has 2 heterocycles. The zero-order valence-corrected chi connectivity index (χ0v) is 15.8. The first-order chi connectivity index (χ1) is 11.8. The van der Waals surface area contributed by atoms with E-state index in [1.165, 1.54) is 11.3 Å². The van der Waals surface area contributed by atoms with Crippen molar-refractivity contribution in [3.05, 3.63) is 52.5 Å². The summed E-state index contributed by atoms with van der Waals surface area (Å²) in [7, 11) is 1.61. The highest BCUT2D eigenvalue weighted by molar-refractivity contribution is 7.20. The summed E-state index contributed by atoms with van der Waals surface area (Å²) in [6, 6.07) is 11.2. The van der Waals surface area contributed by atoms with E-state index in [-0.39, 0.29) is 5.78 Å². The van der Waals surface area contributed by atoms with Crippen LogP contribution in [0.15, 0.2) is 36.4 Å². The van der Waals surface area contributed by atoms with Crippen molar-refractivity contribution >= 4 is 27.3 Å². The fourth-order valence-electron chi connectivity index (χ4n) is 2.83. The van der Waals surface area contributed by atoms with Crippen LogP contribution in [-0.4, -0.2) is 28.2 Å². The molecule has 1 aromatic carbocycles. The Morgan fingerprint density at radius 1 is 1.24 bits per heavy atom. The number of nitrogens with zero attached hydrogens (tertiary/aromatic N) is 1. The minimum Gasteiger partial charge on any atom is -0.497 e. The second-order valence-electron chi connectivity index (χ2n) is 6.93. The topological polar surface area (TPSA) is 51.5 Å². The average Bonchev–Trinajstić information content (AvgIpc) is 3.08. The molecule has 0 spiro atoms. The van der Waals surface area contributed by atoms with Crippen LogP contribution in [0.2, 0.25) is 0 Å². The van der Waals surface area contributed by atoms with E-state index in [2.05, 4.69) is 17.6 Å². The van der Waals surface area contributed by atoms with E-state index in [9.17, 15) is 9.90 Å². The van der Waals surface area contributed by atoms with Crippen LogP contribution < -0.4 is 4.74 Å². The molecule has 0 amide bonds. The Balaban J connectivity index is 1.90. The summed E-state index contributed by atoms with van der Waals surface area (Å²) in [4.78, 5) is 14.6. The van der Waals surface area contributed by atoms with Crippen LogP contribution in [0.4, 0.5) is 0 Å². The highest BCUT2D eigenvalue weighted by Gasteiger charge is 2.18. The number of fused-ring (bicyclic) bond motifs is 1. The quantitative estimate of drug-likeness (QED) is 0.665. The van der Waals surface area contributed by atoms with Gasteiger partial charge in [0.2, 0.25) is 5.78 Å². The van der Waals surface area contributed by atoms with E-state index >= 15 is 0 Å². The van der Waals surface area contributed by atoms with Gasteiger partial charge < -0.3 is 14.4 Å². The van der Waals surface area contributed by atoms with Gasteiger partial charge in [0.1, 0.15) is 10.6 Å². The van der Waals surface area contributed by atoms with Crippen LogP contribution in [0.5, 0.6) is 5.75 Å². The van der Waals surface area contributed by atoms with Gasteiger partial charge in [0.05, 0.1) is 17.6 Å². The van der Waals surface area contributed by atoms with Gasteiger partial charge in [-0.1, -0.05) is 0 Å². The Morgan fingerprint density at radius 3 is 2.52 bits per heavy atom. The molecule has 0 saturated carbocycles. The first-order valence-electron chi connectivity index (χ1n) is 8.29. The lowest BCUT2D eigenvalue weighted by atomic mass is 10.1.